The Morgan fingerprint density at radius 1 is 1.04 bits per heavy atom. The van der Waals surface area contributed by atoms with Gasteiger partial charge >= 0.3 is 5.97 Å². The lowest BCUT2D eigenvalue weighted by Gasteiger charge is -2.63. The molecule has 0 aliphatic heterocycles. The van der Waals surface area contributed by atoms with Gasteiger partial charge in [-0.15, -0.1) is 0 Å². The van der Waals surface area contributed by atoms with Crippen LogP contribution in [-0.4, -0.2) is 22.8 Å². The Morgan fingerprint density at radius 2 is 1.83 bits per heavy atom. The van der Waals surface area contributed by atoms with Crippen molar-refractivity contribution in [1.29, 1.82) is 0 Å². The van der Waals surface area contributed by atoms with Crippen LogP contribution >= 0.6 is 0 Å². The molecular weight excluding hydrogens is 288 g/mol. The minimum absolute atomic E-state index is 0.193. The third kappa shape index (κ3) is 1.95. The van der Waals surface area contributed by atoms with Crippen LogP contribution in [0.3, 0.4) is 0 Å². The molecule has 2 N–H and O–H groups in total. The summed E-state index contributed by atoms with van der Waals surface area (Å²) >= 11 is 0. The van der Waals surface area contributed by atoms with Crippen LogP contribution in [0.4, 0.5) is 0 Å². The number of carboxylic acids is 1. The zero-order chi connectivity index (χ0) is 16.5. The maximum absolute atomic E-state index is 12.1. The Hall–Kier alpha value is -0.570. The number of hydrogen-bond acceptors (Lipinski definition) is 2. The molecular formula is C20H32O3. The van der Waals surface area contributed by atoms with Gasteiger partial charge in [0.2, 0.25) is 0 Å². The van der Waals surface area contributed by atoms with Crippen molar-refractivity contribution in [2.75, 3.05) is 6.61 Å². The molecule has 4 aliphatic rings. The molecule has 130 valence electrons. The highest BCUT2D eigenvalue weighted by molar-refractivity contribution is 5.75. The monoisotopic (exact) mass is 320 g/mol. The van der Waals surface area contributed by atoms with E-state index in [4.69, 9.17) is 0 Å². The minimum Gasteiger partial charge on any atom is -0.481 e. The molecule has 4 fully saturated rings. The third-order valence-corrected chi connectivity index (χ3v) is 9.00. The number of carbonyl (C=O) groups is 1. The smallest absolute Gasteiger partial charge is 0.309 e. The van der Waals surface area contributed by atoms with Crippen molar-refractivity contribution in [1.82, 2.24) is 0 Å². The molecule has 4 aliphatic carbocycles. The van der Waals surface area contributed by atoms with Gasteiger partial charge in [-0.3, -0.25) is 4.79 Å². The van der Waals surface area contributed by atoms with E-state index in [1.807, 2.05) is 6.92 Å². The van der Waals surface area contributed by atoms with Crippen LogP contribution in [0.5, 0.6) is 0 Å². The number of aliphatic carboxylic acids is 1. The van der Waals surface area contributed by atoms with Crippen molar-refractivity contribution < 1.29 is 15.0 Å². The first-order valence-corrected chi connectivity index (χ1v) is 9.70. The molecule has 4 saturated carbocycles. The van der Waals surface area contributed by atoms with Crippen molar-refractivity contribution in [2.24, 2.45) is 39.9 Å². The van der Waals surface area contributed by atoms with Gasteiger partial charge in [-0.05, 0) is 92.8 Å². The molecule has 23 heavy (non-hydrogen) atoms. The van der Waals surface area contributed by atoms with E-state index in [1.165, 1.54) is 38.5 Å². The van der Waals surface area contributed by atoms with E-state index >= 15 is 0 Å². The fourth-order valence-electron chi connectivity index (χ4n) is 8.06. The van der Waals surface area contributed by atoms with E-state index in [0.29, 0.717) is 29.8 Å². The third-order valence-electron chi connectivity index (χ3n) is 9.00. The standard InChI is InChI=1S/C20H32O3/c1-18-7-3-8-19(2,17(22)23)15(18)6-9-20-10-13(4-5-16(18)20)14(11-20)12-21/h13-16,21H,3-12H2,1-2H3,(H,22,23)/t13-,14-,15+,16-,18-,19-,20+/m1/s1. The largest absolute Gasteiger partial charge is 0.481 e. The Morgan fingerprint density at radius 3 is 2.52 bits per heavy atom. The lowest BCUT2D eigenvalue weighted by molar-refractivity contribution is -0.181. The molecule has 4 rings (SSSR count). The molecule has 0 aromatic carbocycles. The summed E-state index contributed by atoms with van der Waals surface area (Å²) in [6.07, 6.45) is 10.4. The van der Waals surface area contributed by atoms with Crippen molar-refractivity contribution in [2.45, 2.75) is 71.6 Å². The molecule has 0 aromatic heterocycles. The number of carboxylic acid groups (broad SMARTS) is 1. The predicted molar refractivity (Wildman–Crippen MR) is 88.9 cm³/mol. The van der Waals surface area contributed by atoms with Gasteiger partial charge in [-0.2, -0.15) is 0 Å². The molecule has 7 atom stereocenters. The summed E-state index contributed by atoms with van der Waals surface area (Å²) in [5, 5.41) is 19.7. The van der Waals surface area contributed by atoms with Crippen molar-refractivity contribution in [3.63, 3.8) is 0 Å². The summed E-state index contributed by atoms with van der Waals surface area (Å²) in [5.41, 5.74) is 0.0811. The summed E-state index contributed by atoms with van der Waals surface area (Å²) < 4.78 is 0. The molecule has 3 nitrogen and oxygen atoms in total. The highest BCUT2D eigenvalue weighted by atomic mass is 16.4. The van der Waals surface area contributed by atoms with E-state index in [9.17, 15) is 15.0 Å². The topological polar surface area (TPSA) is 57.5 Å². The van der Waals surface area contributed by atoms with Gasteiger partial charge in [0, 0.05) is 6.61 Å². The van der Waals surface area contributed by atoms with E-state index in [2.05, 4.69) is 6.92 Å². The van der Waals surface area contributed by atoms with Gasteiger partial charge in [0.15, 0.2) is 0 Å². The van der Waals surface area contributed by atoms with Crippen molar-refractivity contribution in [3.8, 4) is 0 Å². The van der Waals surface area contributed by atoms with Crippen LogP contribution in [0, 0.1) is 39.9 Å². The van der Waals surface area contributed by atoms with E-state index in [1.54, 1.807) is 0 Å². The second-order valence-electron chi connectivity index (χ2n) is 9.78. The molecule has 3 heteroatoms. The summed E-state index contributed by atoms with van der Waals surface area (Å²) in [7, 11) is 0. The van der Waals surface area contributed by atoms with Crippen LogP contribution in [0.1, 0.15) is 71.6 Å². The molecule has 0 heterocycles. The number of hydrogen-bond donors (Lipinski definition) is 2. The summed E-state index contributed by atoms with van der Waals surface area (Å²) in [4.78, 5) is 12.1. The quantitative estimate of drug-likeness (QED) is 0.805. The summed E-state index contributed by atoms with van der Waals surface area (Å²) in [6, 6.07) is 0. The molecule has 2 bridgehead atoms. The van der Waals surface area contributed by atoms with Gasteiger partial charge in [-0.1, -0.05) is 13.3 Å². The SMILES string of the molecule is C[C@@]12CCC[C@@](C)(C(=O)O)[C@H]1CC[C@@]13C[C@@H](CC[C@@H]12)[C@@H](CO)C3. The van der Waals surface area contributed by atoms with Crippen LogP contribution in [0.2, 0.25) is 0 Å². The lowest BCUT2D eigenvalue weighted by Crippen LogP contribution is -2.58. The van der Waals surface area contributed by atoms with E-state index in [0.717, 1.165) is 25.2 Å². The van der Waals surface area contributed by atoms with Crippen LogP contribution in [-0.2, 0) is 4.79 Å². The Kier molecular flexibility index (Phi) is 3.44. The van der Waals surface area contributed by atoms with E-state index < -0.39 is 11.4 Å². The molecule has 0 aromatic rings. The van der Waals surface area contributed by atoms with Crippen LogP contribution in [0.25, 0.3) is 0 Å². The lowest BCUT2D eigenvalue weighted by atomic mass is 9.41. The fraction of sp³-hybridized carbons (Fsp3) is 0.950. The number of aliphatic hydroxyl groups excluding tert-OH is 1. The van der Waals surface area contributed by atoms with Gasteiger partial charge < -0.3 is 10.2 Å². The second kappa shape index (κ2) is 4.97. The number of rotatable bonds is 2. The number of fused-ring (bicyclic) bond motifs is 3. The number of aliphatic hydroxyl groups is 1. The van der Waals surface area contributed by atoms with Crippen molar-refractivity contribution >= 4 is 5.97 Å². The Labute approximate surface area is 139 Å². The zero-order valence-electron chi connectivity index (χ0n) is 14.7. The normalized spacial score (nSPS) is 55.1. The van der Waals surface area contributed by atoms with Gasteiger partial charge in [0.1, 0.15) is 0 Å². The van der Waals surface area contributed by atoms with Gasteiger partial charge in [0.25, 0.3) is 0 Å². The van der Waals surface area contributed by atoms with E-state index in [-0.39, 0.29) is 5.41 Å². The minimum atomic E-state index is -0.572. The Balaban J connectivity index is 1.71. The first kappa shape index (κ1) is 15.9. The van der Waals surface area contributed by atoms with Gasteiger partial charge in [0.05, 0.1) is 5.41 Å². The molecule has 0 amide bonds. The second-order valence-corrected chi connectivity index (χ2v) is 9.78. The highest BCUT2D eigenvalue weighted by Gasteiger charge is 2.65. The molecule has 0 radical (unpaired) electrons. The zero-order valence-corrected chi connectivity index (χ0v) is 14.7. The first-order valence-electron chi connectivity index (χ1n) is 9.70. The molecule has 0 unspecified atom stereocenters. The average Bonchev–Trinajstić information content (AvgIpc) is 2.77. The highest BCUT2D eigenvalue weighted by Crippen LogP contribution is 2.72. The average molecular weight is 320 g/mol. The van der Waals surface area contributed by atoms with Crippen LogP contribution < -0.4 is 0 Å². The molecule has 0 saturated heterocycles. The summed E-state index contributed by atoms with van der Waals surface area (Å²) in [6.45, 7) is 4.80. The van der Waals surface area contributed by atoms with Crippen LogP contribution in [0.15, 0.2) is 0 Å². The Bertz CT molecular complexity index is 517. The maximum atomic E-state index is 12.1. The maximum Gasteiger partial charge on any atom is 0.309 e. The fourth-order valence-corrected chi connectivity index (χ4v) is 8.06. The van der Waals surface area contributed by atoms with Crippen molar-refractivity contribution in [3.05, 3.63) is 0 Å². The first-order chi connectivity index (χ1) is 10.9. The predicted octanol–water partition coefficient (Wildman–Crippen LogP) is 4.09. The van der Waals surface area contributed by atoms with Gasteiger partial charge in [-0.25, -0.2) is 0 Å². The summed E-state index contributed by atoms with van der Waals surface area (Å²) in [5.74, 6) is 1.68. The molecule has 1 spiro atoms.